The number of rotatable bonds is 6. The van der Waals surface area contributed by atoms with Gasteiger partial charge in [-0.3, -0.25) is 4.99 Å². The van der Waals surface area contributed by atoms with Crippen LogP contribution in [0.5, 0.6) is 0 Å². The average Bonchev–Trinajstić information content (AvgIpc) is 2.68. The van der Waals surface area contributed by atoms with Gasteiger partial charge >= 0.3 is 0 Å². The van der Waals surface area contributed by atoms with Crippen LogP contribution in [0.15, 0.2) is 59.6 Å². The van der Waals surface area contributed by atoms with Crippen LogP contribution in [-0.4, -0.2) is 45.2 Å². The standard InChI is InChI=1S/C21H27N3O2S.HI/c1-22-21(24-14-12-19-10-5-6-11-20(19)16-24)23-13-7-15-27(25,26)17-18-8-3-2-4-9-18;/h2-6,8-11H,7,12-17H2,1H3,(H,22,23);1H. The molecule has 3 rings (SSSR count). The third kappa shape index (κ3) is 6.48. The van der Waals surface area contributed by atoms with Crippen molar-refractivity contribution in [1.82, 2.24) is 10.2 Å². The van der Waals surface area contributed by atoms with Gasteiger partial charge in [0.2, 0.25) is 0 Å². The molecule has 2 aromatic carbocycles. The van der Waals surface area contributed by atoms with Gasteiger partial charge in [0.05, 0.1) is 11.5 Å². The third-order valence-corrected chi connectivity index (χ3v) is 6.47. The Bertz CT molecular complexity index is 886. The van der Waals surface area contributed by atoms with Crippen LogP contribution in [0.25, 0.3) is 0 Å². The molecule has 0 fully saturated rings. The summed E-state index contributed by atoms with van der Waals surface area (Å²) in [5.74, 6) is 1.12. The molecule has 0 saturated heterocycles. The number of fused-ring (bicyclic) bond motifs is 1. The third-order valence-electron chi connectivity index (χ3n) is 4.79. The predicted octanol–water partition coefficient (Wildman–Crippen LogP) is 3.24. The summed E-state index contributed by atoms with van der Waals surface area (Å²) in [6.07, 6.45) is 1.57. The van der Waals surface area contributed by atoms with E-state index in [4.69, 9.17) is 0 Å². The van der Waals surface area contributed by atoms with Gasteiger partial charge in [-0.15, -0.1) is 24.0 Å². The van der Waals surface area contributed by atoms with E-state index in [2.05, 4.69) is 39.5 Å². The number of sulfone groups is 1. The van der Waals surface area contributed by atoms with Gasteiger partial charge in [0.15, 0.2) is 15.8 Å². The van der Waals surface area contributed by atoms with E-state index in [-0.39, 0.29) is 35.5 Å². The number of halogens is 1. The number of nitrogens with one attached hydrogen (secondary N) is 1. The first kappa shape index (κ1) is 22.7. The fourth-order valence-electron chi connectivity index (χ4n) is 3.40. The molecular weight excluding hydrogens is 485 g/mol. The second-order valence-electron chi connectivity index (χ2n) is 6.85. The molecular formula is C21H28IN3O2S. The monoisotopic (exact) mass is 513 g/mol. The molecule has 0 spiro atoms. The van der Waals surface area contributed by atoms with Gasteiger partial charge in [-0.05, 0) is 29.5 Å². The second-order valence-corrected chi connectivity index (χ2v) is 9.03. The summed E-state index contributed by atoms with van der Waals surface area (Å²) in [5.41, 5.74) is 3.57. The molecule has 0 bridgehead atoms. The Morgan fingerprint density at radius 2 is 1.75 bits per heavy atom. The number of hydrogen-bond donors (Lipinski definition) is 1. The van der Waals surface area contributed by atoms with Crippen LogP contribution >= 0.6 is 24.0 Å². The Labute approximate surface area is 185 Å². The highest BCUT2D eigenvalue weighted by Crippen LogP contribution is 2.18. The zero-order valence-electron chi connectivity index (χ0n) is 16.2. The summed E-state index contributed by atoms with van der Waals surface area (Å²) in [5, 5.41) is 3.32. The molecule has 0 unspecified atom stereocenters. The average molecular weight is 513 g/mol. The first-order chi connectivity index (χ1) is 13.1. The summed E-state index contributed by atoms with van der Waals surface area (Å²) < 4.78 is 24.6. The molecule has 5 nitrogen and oxygen atoms in total. The normalized spacial score (nSPS) is 14.2. The molecule has 0 aliphatic carbocycles. The molecule has 28 heavy (non-hydrogen) atoms. The highest BCUT2D eigenvalue weighted by molar-refractivity contribution is 14.0. The molecule has 0 saturated carbocycles. The maximum absolute atomic E-state index is 12.3. The second kappa shape index (κ2) is 10.8. The van der Waals surface area contributed by atoms with Gasteiger partial charge in [0.1, 0.15) is 0 Å². The Morgan fingerprint density at radius 1 is 1.07 bits per heavy atom. The van der Waals surface area contributed by atoms with Crippen LogP contribution in [0, 0.1) is 0 Å². The van der Waals surface area contributed by atoms with E-state index in [9.17, 15) is 8.42 Å². The Balaban J connectivity index is 0.00000280. The van der Waals surface area contributed by atoms with Crippen LogP contribution in [0.1, 0.15) is 23.1 Å². The zero-order valence-corrected chi connectivity index (χ0v) is 19.3. The van der Waals surface area contributed by atoms with E-state index >= 15 is 0 Å². The van der Waals surface area contributed by atoms with E-state index in [1.807, 2.05) is 30.3 Å². The summed E-state index contributed by atoms with van der Waals surface area (Å²) >= 11 is 0. The summed E-state index contributed by atoms with van der Waals surface area (Å²) in [6, 6.07) is 17.8. The molecule has 1 N–H and O–H groups in total. The number of benzene rings is 2. The van der Waals surface area contributed by atoms with Crippen LogP contribution in [0.4, 0.5) is 0 Å². The van der Waals surface area contributed by atoms with Crippen LogP contribution < -0.4 is 5.32 Å². The SMILES string of the molecule is CN=C(NCCCS(=O)(=O)Cc1ccccc1)N1CCc2ccccc2C1.I. The molecule has 7 heteroatoms. The van der Waals surface area contributed by atoms with Crippen molar-refractivity contribution in [2.45, 2.75) is 25.1 Å². The summed E-state index contributed by atoms with van der Waals surface area (Å²) in [7, 11) is -1.32. The highest BCUT2D eigenvalue weighted by Gasteiger charge is 2.18. The number of nitrogens with zero attached hydrogens (tertiary/aromatic N) is 2. The van der Waals surface area contributed by atoms with Crippen molar-refractivity contribution >= 4 is 39.8 Å². The van der Waals surface area contributed by atoms with Crippen LogP contribution in [0.3, 0.4) is 0 Å². The largest absolute Gasteiger partial charge is 0.356 e. The molecule has 152 valence electrons. The Kier molecular flexibility index (Phi) is 8.75. The topological polar surface area (TPSA) is 61.8 Å². The maximum Gasteiger partial charge on any atom is 0.193 e. The minimum Gasteiger partial charge on any atom is -0.356 e. The van der Waals surface area contributed by atoms with Gasteiger partial charge < -0.3 is 10.2 Å². The predicted molar refractivity (Wildman–Crippen MR) is 126 cm³/mol. The number of hydrogen-bond acceptors (Lipinski definition) is 3. The van der Waals surface area contributed by atoms with Gasteiger partial charge in [-0.25, -0.2) is 8.42 Å². The van der Waals surface area contributed by atoms with Gasteiger partial charge in [0, 0.05) is 26.7 Å². The maximum atomic E-state index is 12.3. The van der Waals surface area contributed by atoms with Crippen molar-refractivity contribution in [2.24, 2.45) is 4.99 Å². The van der Waals surface area contributed by atoms with E-state index in [1.54, 1.807) is 7.05 Å². The lowest BCUT2D eigenvalue weighted by atomic mass is 10.0. The van der Waals surface area contributed by atoms with Crippen molar-refractivity contribution in [2.75, 3.05) is 25.9 Å². The van der Waals surface area contributed by atoms with Crippen molar-refractivity contribution < 1.29 is 8.42 Å². The molecule has 2 aromatic rings. The Hall–Kier alpha value is -1.61. The molecule has 1 aliphatic rings. The number of aliphatic imine (C=N–C) groups is 1. The molecule has 0 radical (unpaired) electrons. The minimum atomic E-state index is -3.10. The fraction of sp³-hybridized carbons (Fsp3) is 0.381. The molecule has 1 aliphatic heterocycles. The van der Waals surface area contributed by atoms with Gasteiger partial charge in [-0.2, -0.15) is 0 Å². The lowest BCUT2D eigenvalue weighted by Gasteiger charge is -2.31. The van der Waals surface area contributed by atoms with Crippen LogP contribution in [0.2, 0.25) is 0 Å². The van der Waals surface area contributed by atoms with Crippen LogP contribution in [-0.2, 0) is 28.6 Å². The number of guanidine groups is 1. The fourth-order valence-corrected chi connectivity index (χ4v) is 4.83. The summed E-state index contributed by atoms with van der Waals surface area (Å²) in [6.45, 7) is 2.35. The highest BCUT2D eigenvalue weighted by atomic mass is 127. The van der Waals surface area contributed by atoms with E-state index in [1.165, 1.54) is 11.1 Å². The van der Waals surface area contributed by atoms with Crippen molar-refractivity contribution in [1.29, 1.82) is 0 Å². The first-order valence-corrected chi connectivity index (χ1v) is 11.2. The Morgan fingerprint density at radius 3 is 2.46 bits per heavy atom. The lowest BCUT2D eigenvalue weighted by Crippen LogP contribution is -2.44. The van der Waals surface area contributed by atoms with Gasteiger partial charge in [-0.1, -0.05) is 54.6 Å². The molecule has 0 aromatic heterocycles. The van der Waals surface area contributed by atoms with Crippen molar-refractivity contribution in [3.05, 3.63) is 71.3 Å². The first-order valence-electron chi connectivity index (χ1n) is 9.34. The quantitative estimate of drug-likeness (QED) is 0.279. The van der Waals surface area contributed by atoms with E-state index in [0.717, 1.165) is 31.0 Å². The van der Waals surface area contributed by atoms with Gasteiger partial charge in [0.25, 0.3) is 0 Å². The van der Waals surface area contributed by atoms with Crippen molar-refractivity contribution in [3.8, 4) is 0 Å². The molecule has 1 heterocycles. The van der Waals surface area contributed by atoms with E-state index < -0.39 is 9.84 Å². The van der Waals surface area contributed by atoms with E-state index in [0.29, 0.717) is 13.0 Å². The lowest BCUT2D eigenvalue weighted by molar-refractivity contribution is 0.379. The summed E-state index contributed by atoms with van der Waals surface area (Å²) in [4.78, 5) is 6.59. The minimum absolute atomic E-state index is 0. The smallest absolute Gasteiger partial charge is 0.193 e. The zero-order chi connectivity index (χ0) is 19.1. The molecule has 0 amide bonds. The molecule has 0 atom stereocenters. The van der Waals surface area contributed by atoms with Crippen molar-refractivity contribution in [3.63, 3.8) is 0 Å².